The molecule has 1 fully saturated rings. The third-order valence-corrected chi connectivity index (χ3v) is 3.46. The Morgan fingerprint density at radius 1 is 1.21 bits per heavy atom. The van der Waals surface area contributed by atoms with Gasteiger partial charge in [0.2, 0.25) is 0 Å². The van der Waals surface area contributed by atoms with Crippen LogP contribution in [0.3, 0.4) is 0 Å². The standard InChI is InChI=1S/C17H22N2O5/c1-17(2,3)24-14(20)13-10-19(15(21)18(13)4)16(22)23-11-12-8-6-5-7-9-12/h5-9,13H,10-11H2,1-4H3. The fourth-order valence-corrected chi connectivity index (χ4v) is 2.25. The Morgan fingerprint density at radius 2 is 1.83 bits per heavy atom. The summed E-state index contributed by atoms with van der Waals surface area (Å²) >= 11 is 0. The molecular formula is C17H22N2O5. The molecule has 1 aliphatic rings. The summed E-state index contributed by atoms with van der Waals surface area (Å²) in [6, 6.07) is 7.73. The number of rotatable bonds is 3. The minimum absolute atomic E-state index is 0.0598. The van der Waals surface area contributed by atoms with Crippen LogP contribution in [0, 0.1) is 0 Å². The van der Waals surface area contributed by atoms with Crippen molar-refractivity contribution < 1.29 is 23.9 Å². The third-order valence-electron chi connectivity index (χ3n) is 3.46. The zero-order chi connectivity index (χ0) is 17.9. The number of likely N-dealkylation sites (N-methyl/N-ethyl adjacent to an activating group) is 1. The van der Waals surface area contributed by atoms with Crippen molar-refractivity contribution in [2.24, 2.45) is 0 Å². The molecule has 1 aromatic rings. The Bertz CT molecular complexity index is 624. The molecule has 1 heterocycles. The number of amides is 3. The molecular weight excluding hydrogens is 312 g/mol. The minimum atomic E-state index is -0.832. The van der Waals surface area contributed by atoms with Gasteiger partial charge in [0.25, 0.3) is 0 Å². The van der Waals surface area contributed by atoms with Crippen molar-refractivity contribution in [3.8, 4) is 0 Å². The van der Waals surface area contributed by atoms with Gasteiger partial charge in [-0.3, -0.25) is 0 Å². The molecule has 0 aliphatic carbocycles. The molecule has 1 aliphatic heterocycles. The topological polar surface area (TPSA) is 76.2 Å². The van der Waals surface area contributed by atoms with E-state index in [2.05, 4.69) is 0 Å². The van der Waals surface area contributed by atoms with Crippen molar-refractivity contribution in [2.45, 2.75) is 39.0 Å². The summed E-state index contributed by atoms with van der Waals surface area (Å²) in [5, 5.41) is 0. The van der Waals surface area contributed by atoms with Crippen molar-refractivity contribution in [2.75, 3.05) is 13.6 Å². The second-order valence-corrected chi connectivity index (χ2v) is 6.59. The van der Waals surface area contributed by atoms with Crippen LogP contribution in [0.25, 0.3) is 0 Å². The van der Waals surface area contributed by atoms with E-state index < -0.39 is 29.7 Å². The van der Waals surface area contributed by atoms with Crippen LogP contribution in [0.1, 0.15) is 26.3 Å². The molecule has 130 valence electrons. The van der Waals surface area contributed by atoms with Crippen LogP contribution in [0.4, 0.5) is 9.59 Å². The molecule has 24 heavy (non-hydrogen) atoms. The second kappa shape index (κ2) is 6.90. The fraction of sp³-hybridized carbons (Fsp3) is 0.471. The molecule has 2 rings (SSSR count). The number of esters is 1. The van der Waals surface area contributed by atoms with Crippen LogP contribution >= 0.6 is 0 Å². The Kier molecular flexibility index (Phi) is 5.11. The van der Waals surface area contributed by atoms with Gasteiger partial charge in [-0.25, -0.2) is 19.3 Å². The number of ether oxygens (including phenoxy) is 2. The molecule has 3 amide bonds. The molecule has 1 aromatic carbocycles. The number of nitrogens with zero attached hydrogens (tertiary/aromatic N) is 2. The SMILES string of the molecule is CN1C(=O)N(C(=O)OCc2ccccc2)CC1C(=O)OC(C)(C)C. The van der Waals surface area contributed by atoms with Gasteiger partial charge in [-0.1, -0.05) is 30.3 Å². The molecule has 0 spiro atoms. The number of hydrogen-bond acceptors (Lipinski definition) is 5. The van der Waals surface area contributed by atoms with Crippen molar-refractivity contribution in [3.05, 3.63) is 35.9 Å². The predicted molar refractivity (Wildman–Crippen MR) is 86.1 cm³/mol. The Morgan fingerprint density at radius 3 is 2.42 bits per heavy atom. The Balaban J connectivity index is 1.97. The zero-order valence-electron chi connectivity index (χ0n) is 14.3. The highest BCUT2D eigenvalue weighted by atomic mass is 16.6. The highest BCUT2D eigenvalue weighted by Gasteiger charge is 2.44. The van der Waals surface area contributed by atoms with E-state index in [1.54, 1.807) is 20.8 Å². The Hall–Kier alpha value is -2.57. The van der Waals surface area contributed by atoms with Crippen molar-refractivity contribution in [1.29, 1.82) is 0 Å². The number of carbonyl (C=O) groups excluding carboxylic acids is 3. The van der Waals surface area contributed by atoms with Gasteiger partial charge in [0.05, 0.1) is 6.54 Å². The lowest BCUT2D eigenvalue weighted by molar-refractivity contribution is -0.158. The maximum atomic E-state index is 12.2. The van der Waals surface area contributed by atoms with Crippen LogP contribution in [0.5, 0.6) is 0 Å². The molecule has 0 N–H and O–H groups in total. The van der Waals surface area contributed by atoms with Gasteiger partial charge in [0.15, 0.2) is 0 Å². The maximum absolute atomic E-state index is 12.2. The summed E-state index contributed by atoms with van der Waals surface area (Å²) in [5.74, 6) is -0.545. The van der Waals surface area contributed by atoms with Gasteiger partial charge in [-0.2, -0.15) is 0 Å². The predicted octanol–water partition coefficient (Wildman–Crippen LogP) is 2.40. The smallest absolute Gasteiger partial charge is 0.418 e. The third kappa shape index (κ3) is 4.24. The summed E-state index contributed by atoms with van der Waals surface area (Å²) in [4.78, 5) is 38.6. The van der Waals surface area contributed by atoms with Gasteiger partial charge < -0.3 is 14.4 Å². The van der Waals surface area contributed by atoms with Crippen LogP contribution in [0.15, 0.2) is 30.3 Å². The summed E-state index contributed by atoms with van der Waals surface area (Å²) in [7, 11) is 1.46. The molecule has 0 radical (unpaired) electrons. The van der Waals surface area contributed by atoms with Crippen molar-refractivity contribution in [3.63, 3.8) is 0 Å². The highest BCUT2D eigenvalue weighted by molar-refractivity contribution is 5.96. The monoisotopic (exact) mass is 334 g/mol. The number of urea groups is 1. The first-order chi connectivity index (χ1) is 11.2. The van der Waals surface area contributed by atoms with Gasteiger partial charge in [-0.05, 0) is 26.3 Å². The van der Waals surface area contributed by atoms with E-state index in [0.717, 1.165) is 10.5 Å². The van der Waals surface area contributed by atoms with Crippen molar-refractivity contribution in [1.82, 2.24) is 9.80 Å². The maximum Gasteiger partial charge on any atom is 0.418 e. The van der Waals surface area contributed by atoms with Crippen LogP contribution in [-0.4, -0.2) is 53.1 Å². The molecule has 1 unspecified atom stereocenters. The van der Waals surface area contributed by atoms with Crippen molar-refractivity contribution >= 4 is 18.1 Å². The molecule has 7 nitrogen and oxygen atoms in total. The minimum Gasteiger partial charge on any atom is -0.458 e. The normalized spacial score (nSPS) is 17.8. The van der Waals surface area contributed by atoms with E-state index in [0.29, 0.717) is 0 Å². The van der Waals surface area contributed by atoms with Crippen LogP contribution in [0.2, 0.25) is 0 Å². The highest BCUT2D eigenvalue weighted by Crippen LogP contribution is 2.19. The summed E-state index contributed by atoms with van der Waals surface area (Å²) in [5.41, 5.74) is 0.150. The zero-order valence-corrected chi connectivity index (χ0v) is 14.3. The van der Waals surface area contributed by atoms with E-state index >= 15 is 0 Å². The number of imide groups is 1. The largest absolute Gasteiger partial charge is 0.458 e. The van der Waals surface area contributed by atoms with E-state index in [-0.39, 0.29) is 13.2 Å². The van der Waals surface area contributed by atoms with Gasteiger partial charge in [0.1, 0.15) is 18.2 Å². The van der Waals surface area contributed by atoms with E-state index in [1.165, 1.54) is 11.9 Å². The lowest BCUT2D eigenvalue weighted by Crippen LogP contribution is -2.40. The lowest BCUT2D eigenvalue weighted by Gasteiger charge is -2.24. The van der Waals surface area contributed by atoms with E-state index in [4.69, 9.17) is 9.47 Å². The van der Waals surface area contributed by atoms with E-state index in [9.17, 15) is 14.4 Å². The summed E-state index contributed by atoms with van der Waals surface area (Å²) < 4.78 is 10.4. The fourth-order valence-electron chi connectivity index (χ4n) is 2.25. The van der Waals surface area contributed by atoms with Gasteiger partial charge in [-0.15, -0.1) is 0 Å². The first-order valence-corrected chi connectivity index (χ1v) is 7.67. The number of hydrogen-bond donors (Lipinski definition) is 0. The first-order valence-electron chi connectivity index (χ1n) is 7.67. The van der Waals surface area contributed by atoms with Crippen LogP contribution < -0.4 is 0 Å². The molecule has 1 atom stereocenters. The average molecular weight is 334 g/mol. The Labute approximate surface area is 141 Å². The second-order valence-electron chi connectivity index (χ2n) is 6.59. The molecule has 0 saturated carbocycles. The van der Waals surface area contributed by atoms with Gasteiger partial charge in [0, 0.05) is 7.05 Å². The molecule has 1 saturated heterocycles. The van der Waals surface area contributed by atoms with E-state index in [1.807, 2.05) is 30.3 Å². The van der Waals surface area contributed by atoms with Gasteiger partial charge >= 0.3 is 18.1 Å². The number of benzene rings is 1. The molecule has 7 heteroatoms. The lowest BCUT2D eigenvalue weighted by atomic mass is 10.2. The summed E-state index contributed by atoms with van der Waals surface area (Å²) in [6.45, 7) is 5.21. The quantitative estimate of drug-likeness (QED) is 0.793. The van der Waals surface area contributed by atoms with Crippen LogP contribution in [-0.2, 0) is 20.9 Å². The molecule has 0 aromatic heterocycles. The molecule has 0 bridgehead atoms. The summed E-state index contributed by atoms with van der Waals surface area (Å²) in [6.07, 6.45) is -0.776. The number of carbonyl (C=O) groups is 3. The average Bonchev–Trinajstić information content (AvgIpc) is 2.80. The first kappa shape index (κ1) is 17.8.